The zero-order chi connectivity index (χ0) is 15.4. The first-order valence-corrected chi connectivity index (χ1v) is 7.14. The molecule has 110 valence electrons. The molecule has 3 rings (SSSR count). The van der Waals surface area contributed by atoms with Crippen molar-refractivity contribution in [2.45, 2.75) is 6.42 Å². The van der Waals surface area contributed by atoms with Crippen molar-refractivity contribution in [3.63, 3.8) is 0 Å². The lowest BCUT2D eigenvalue weighted by atomic mass is 10.1. The molecule has 3 N–H and O–H groups in total. The summed E-state index contributed by atoms with van der Waals surface area (Å²) < 4.78 is 5.21. The van der Waals surface area contributed by atoms with Gasteiger partial charge in [0.1, 0.15) is 17.1 Å². The van der Waals surface area contributed by atoms with Crippen LogP contribution in [-0.2, 0) is 6.42 Å². The number of aromatic amines is 1. The quantitative estimate of drug-likeness (QED) is 0.729. The highest BCUT2D eigenvalue weighted by atomic mass is 16.5. The Balaban J connectivity index is 1.98. The lowest BCUT2D eigenvalue weighted by Gasteiger charge is -1.98. The highest BCUT2D eigenvalue weighted by Gasteiger charge is 2.05. The zero-order valence-corrected chi connectivity index (χ0v) is 12.4. The van der Waals surface area contributed by atoms with E-state index >= 15 is 0 Å². The molecule has 0 amide bonds. The molecule has 4 nitrogen and oxygen atoms in total. The minimum atomic E-state index is 0.574. The van der Waals surface area contributed by atoms with Crippen molar-refractivity contribution in [2.75, 3.05) is 13.7 Å². The van der Waals surface area contributed by atoms with Gasteiger partial charge in [0.05, 0.1) is 18.2 Å². The summed E-state index contributed by atoms with van der Waals surface area (Å²) in [4.78, 5) is 7.86. The van der Waals surface area contributed by atoms with E-state index in [9.17, 15) is 0 Å². The number of benzene rings is 2. The Morgan fingerprint density at radius 1 is 1.18 bits per heavy atom. The molecule has 1 aromatic heterocycles. The predicted molar refractivity (Wildman–Crippen MR) is 87.8 cm³/mol. The van der Waals surface area contributed by atoms with Crippen LogP contribution in [0.15, 0.2) is 42.5 Å². The molecule has 0 aliphatic carbocycles. The maximum atomic E-state index is 5.58. The van der Waals surface area contributed by atoms with Crippen molar-refractivity contribution in [1.82, 2.24) is 9.97 Å². The number of ether oxygens (including phenoxy) is 1. The largest absolute Gasteiger partial charge is 0.497 e. The molecule has 0 atom stereocenters. The Morgan fingerprint density at radius 3 is 2.86 bits per heavy atom. The molecule has 0 spiro atoms. The first kappa shape index (κ1) is 14.2. The summed E-state index contributed by atoms with van der Waals surface area (Å²) in [7, 11) is 1.65. The predicted octanol–water partition coefficient (Wildman–Crippen LogP) is 2.47. The molecule has 4 heteroatoms. The average molecular weight is 291 g/mol. The van der Waals surface area contributed by atoms with E-state index in [0.717, 1.165) is 40.2 Å². The summed E-state index contributed by atoms with van der Waals surface area (Å²) in [6.45, 7) is 0.574. The third-order valence-electron chi connectivity index (χ3n) is 3.35. The van der Waals surface area contributed by atoms with Gasteiger partial charge in [-0.05, 0) is 36.9 Å². The zero-order valence-electron chi connectivity index (χ0n) is 12.4. The van der Waals surface area contributed by atoms with Crippen LogP contribution in [0.2, 0.25) is 0 Å². The number of nitrogens with one attached hydrogen (secondary N) is 1. The van der Waals surface area contributed by atoms with Gasteiger partial charge in [0.2, 0.25) is 0 Å². The first-order chi connectivity index (χ1) is 10.8. The number of para-hydroxylation sites is 1. The minimum absolute atomic E-state index is 0.574. The third-order valence-corrected chi connectivity index (χ3v) is 3.35. The lowest BCUT2D eigenvalue weighted by Crippen LogP contribution is -2.03. The number of fused-ring (bicyclic) bond motifs is 1. The fourth-order valence-electron chi connectivity index (χ4n) is 2.28. The van der Waals surface area contributed by atoms with E-state index in [4.69, 9.17) is 10.5 Å². The standard InChI is InChI=1S/C18H17N3O/c1-22-15-6-2-4-13(12-15)8-9-14-5-3-7-16-18(14)21-17(20-16)10-11-19/h2-7,12H,10-11,19H2,1H3,(H,20,21). The summed E-state index contributed by atoms with van der Waals surface area (Å²) >= 11 is 0. The summed E-state index contributed by atoms with van der Waals surface area (Å²) in [6.07, 6.45) is 0.734. The van der Waals surface area contributed by atoms with Crippen LogP contribution in [-0.4, -0.2) is 23.6 Å². The SMILES string of the molecule is COc1cccc(C#Cc2cccc3[nH]c(CCN)nc23)c1. The molecule has 1 heterocycles. The van der Waals surface area contributed by atoms with Crippen LogP contribution in [0.1, 0.15) is 17.0 Å². The van der Waals surface area contributed by atoms with E-state index in [1.807, 2.05) is 42.5 Å². The number of aromatic nitrogens is 2. The van der Waals surface area contributed by atoms with Gasteiger partial charge >= 0.3 is 0 Å². The number of hydrogen-bond acceptors (Lipinski definition) is 3. The van der Waals surface area contributed by atoms with Gasteiger partial charge in [-0.15, -0.1) is 0 Å². The number of imidazole rings is 1. The van der Waals surface area contributed by atoms with Gasteiger partial charge in [0, 0.05) is 12.0 Å². The van der Waals surface area contributed by atoms with Gasteiger partial charge in [-0.1, -0.05) is 24.0 Å². The highest BCUT2D eigenvalue weighted by Crippen LogP contribution is 2.16. The molecular formula is C18H17N3O. The summed E-state index contributed by atoms with van der Waals surface area (Å²) in [6, 6.07) is 13.7. The van der Waals surface area contributed by atoms with E-state index in [2.05, 4.69) is 21.8 Å². The number of nitrogens with two attached hydrogens (primary N) is 1. The molecule has 0 fully saturated rings. The van der Waals surface area contributed by atoms with E-state index in [0.29, 0.717) is 6.54 Å². The van der Waals surface area contributed by atoms with Crippen molar-refractivity contribution in [3.05, 3.63) is 59.4 Å². The van der Waals surface area contributed by atoms with Gasteiger partial charge in [0.15, 0.2) is 0 Å². The molecular weight excluding hydrogens is 274 g/mol. The minimum Gasteiger partial charge on any atom is -0.497 e. The highest BCUT2D eigenvalue weighted by molar-refractivity contribution is 5.82. The van der Waals surface area contributed by atoms with Crippen molar-refractivity contribution in [2.24, 2.45) is 5.73 Å². The summed E-state index contributed by atoms with van der Waals surface area (Å²) in [5, 5.41) is 0. The van der Waals surface area contributed by atoms with Crippen LogP contribution >= 0.6 is 0 Å². The Morgan fingerprint density at radius 2 is 2.05 bits per heavy atom. The van der Waals surface area contributed by atoms with Crippen LogP contribution in [0.4, 0.5) is 0 Å². The molecule has 3 aromatic rings. The average Bonchev–Trinajstić information content (AvgIpc) is 2.96. The van der Waals surface area contributed by atoms with Crippen molar-refractivity contribution < 1.29 is 4.74 Å². The molecule has 0 saturated heterocycles. The monoisotopic (exact) mass is 291 g/mol. The molecule has 0 aliphatic heterocycles. The van der Waals surface area contributed by atoms with Crippen molar-refractivity contribution >= 4 is 11.0 Å². The van der Waals surface area contributed by atoms with Gasteiger partial charge in [-0.25, -0.2) is 4.98 Å². The Hall–Kier alpha value is -2.77. The molecule has 0 radical (unpaired) electrons. The van der Waals surface area contributed by atoms with Gasteiger partial charge < -0.3 is 15.5 Å². The summed E-state index contributed by atoms with van der Waals surface area (Å²) in [5.41, 5.74) is 9.27. The Kier molecular flexibility index (Phi) is 4.08. The molecule has 0 unspecified atom stereocenters. The van der Waals surface area contributed by atoms with Crippen molar-refractivity contribution in [3.8, 4) is 17.6 Å². The number of rotatable bonds is 3. The van der Waals surface area contributed by atoms with E-state index in [-0.39, 0.29) is 0 Å². The Bertz CT molecular complexity index is 855. The summed E-state index contributed by atoms with van der Waals surface area (Å²) in [5.74, 6) is 8.05. The maximum Gasteiger partial charge on any atom is 0.120 e. The molecule has 0 bridgehead atoms. The number of methoxy groups -OCH3 is 1. The number of nitrogens with zero attached hydrogens (tertiary/aromatic N) is 1. The number of hydrogen-bond donors (Lipinski definition) is 2. The van der Waals surface area contributed by atoms with E-state index < -0.39 is 0 Å². The topological polar surface area (TPSA) is 63.9 Å². The van der Waals surface area contributed by atoms with Crippen LogP contribution in [0.25, 0.3) is 11.0 Å². The first-order valence-electron chi connectivity index (χ1n) is 7.14. The maximum absolute atomic E-state index is 5.58. The second-order valence-electron chi connectivity index (χ2n) is 4.91. The van der Waals surface area contributed by atoms with Crippen molar-refractivity contribution in [1.29, 1.82) is 0 Å². The van der Waals surface area contributed by atoms with Crippen LogP contribution < -0.4 is 10.5 Å². The smallest absolute Gasteiger partial charge is 0.120 e. The second kappa shape index (κ2) is 6.33. The number of H-pyrrole nitrogens is 1. The second-order valence-corrected chi connectivity index (χ2v) is 4.91. The van der Waals surface area contributed by atoms with E-state index in [1.54, 1.807) is 7.11 Å². The van der Waals surface area contributed by atoms with Crippen LogP contribution in [0.5, 0.6) is 5.75 Å². The molecule has 2 aromatic carbocycles. The lowest BCUT2D eigenvalue weighted by molar-refractivity contribution is 0.414. The van der Waals surface area contributed by atoms with Crippen LogP contribution in [0.3, 0.4) is 0 Å². The normalized spacial score (nSPS) is 10.3. The van der Waals surface area contributed by atoms with Gasteiger partial charge in [0.25, 0.3) is 0 Å². The fourth-order valence-corrected chi connectivity index (χ4v) is 2.28. The van der Waals surface area contributed by atoms with Gasteiger partial charge in [-0.3, -0.25) is 0 Å². The molecule has 22 heavy (non-hydrogen) atoms. The third kappa shape index (κ3) is 2.95. The van der Waals surface area contributed by atoms with Gasteiger partial charge in [-0.2, -0.15) is 0 Å². The molecule has 0 aliphatic rings. The Labute approximate surface area is 129 Å². The van der Waals surface area contributed by atoms with E-state index in [1.165, 1.54) is 0 Å². The molecule has 0 saturated carbocycles. The fraction of sp³-hybridized carbons (Fsp3) is 0.167. The van der Waals surface area contributed by atoms with Crippen LogP contribution in [0, 0.1) is 11.8 Å².